The van der Waals surface area contributed by atoms with Gasteiger partial charge in [-0.3, -0.25) is 19.7 Å². The fourth-order valence-corrected chi connectivity index (χ4v) is 2.73. The van der Waals surface area contributed by atoms with E-state index in [0.29, 0.717) is 18.2 Å². The maximum Gasteiger partial charge on any atom is 0.256 e. The van der Waals surface area contributed by atoms with Gasteiger partial charge in [0.25, 0.3) is 5.56 Å². The van der Waals surface area contributed by atoms with Crippen LogP contribution in [0.5, 0.6) is 0 Å². The fraction of sp³-hybridized carbons (Fsp3) is 0.385. The van der Waals surface area contributed by atoms with Crippen LogP contribution >= 0.6 is 11.8 Å². The monoisotopic (exact) mass is 289 g/mol. The highest BCUT2D eigenvalue weighted by atomic mass is 32.2. The molecule has 2 aromatic rings. The summed E-state index contributed by atoms with van der Waals surface area (Å²) in [5, 5.41) is 0.691. The summed E-state index contributed by atoms with van der Waals surface area (Å²) >= 11 is 1.46. The molecule has 0 amide bonds. The predicted molar refractivity (Wildman–Crippen MR) is 76.5 cm³/mol. The quantitative estimate of drug-likeness (QED) is 0.666. The Kier molecular flexibility index (Phi) is 3.79. The molecule has 0 fully saturated rings. The molecule has 0 radical (unpaired) electrons. The van der Waals surface area contributed by atoms with Crippen molar-refractivity contribution >= 4 is 11.8 Å². The molecule has 0 spiro atoms. The van der Waals surface area contributed by atoms with Crippen LogP contribution in [-0.4, -0.2) is 37.6 Å². The van der Waals surface area contributed by atoms with Gasteiger partial charge in [0.2, 0.25) is 0 Å². The Bertz CT molecular complexity index is 658. The number of fused-ring (bicyclic) bond motifs is 1. The maximum absolute atomic E-state index is 12.1. The standard InChI is InChI=1S/C13H15N5OS/c1-20-13-16-11-2-5-18(8-10(11)12(19)17-13)7-9-6-14-3-4-15-9/h3-4,6H,2,5,7-8H2,1H3,(H,16,17,19). The molecule has 0 aliphatic carbocycles. The first-order chi connectivity index (χ1) is 9.76. The van der Waals surface area contributed by atoms with Crippen molar-refractivity contribution in [2.45, 2.75) is 24.7 Å². The van der Waals surface area contributed by atoms with E-state index in [1.165, 1.54) is 11.8 Å². The number of nitrogens with zero attached hydrogens (tertiary/aromatic N) is 4. The van der Waals surface area contributed by atoms with Crippen LogP contribution in [0.2, 0.25) is 0 Å². The number of hydrogen-bond acceptors (Lipinski definition) is 6. The van der Waals surface area contributed by atoms with Gasteiger partial charge in [-0.15, -0.1) is 0 Å². The van der Waals surface area contributed by atoms with Crippen LogP contribution in [-0.2, 0) is 19.5 Å². The molecule has 1 aliphatic heterocycles. The third-order valence-electron chi connectivity index (χ3n) is 3.32. The lowest BCUT2D eigenvalue weighted by molar-refractivity contribution is 0.238. The molecule has 0 bridgehead atoms. The van der Waals surface area contributed by atoms with E-state index >= 15 is 0 Å². The minimum atomic E-state index is -0.0248. The lowest BCUT2D eigenvalue weighted by atomic mass is 10.1. The highest BCUT2D eigenvalue weighted by Crippen LogP contribution is 2.17. The van der Waals surface area contributed by atoms with Crippen molar-refractivity contribution in [2.24, 2.45) is 0 Å². The summed E-state index contributed by atoms with van der Waals surface area (Å²) in [7, 11) is 0. The largest absolute Gasteiger partial charge is 0.301 e. The molecule has 7 heteroatoms. The first-order valence-corrected chi connectivity index (χ1v) is 7.62. The SMILES string of the molecule is CSc1nc2c(c(=O)[nH]1)CN(Cc1cnccn1)CC2. The molecule has 0 aromatic carbocycles. The predicted octanol–water partition coefficient (Wildman–Crippen LogP) is 0.840. The molecule has 3 heterocycles. The summed E-state index contributed by atoms with van der Waals surface area (Å²) in [5.74, 6) is 0. The van der Waals surface area contributed by atoms with E-state index in [4.69, 9.17) is 0 Å². The van der Waals surface area contributed by atoms with Gasteiger partial charge < -0.3 is 4.98 Å². The van der Waals surface area contributed by atoms with E-state index in [0.717, 1.165) is 29.9 Å². The second-order valence-corrected chi connectivity index (χ2v) is 5.45. The number of aromatic nitrogens is 4. The van der Waals surface area contributed by atoms with Gasteiger partial charge in [0.1, 0.15) is 0 Å². The van der Waals surface area contributed by atoms with E-state index < -0.39 is 0 Å². The summed E-state index contributed by atoms with van der Waals surface area (Å²) in [6.07, 6.45) is 7.82. The van der Waals surface area contributed by atoms with Gasteiger partial charge in [-0.25, -0.2) is 4.98 Å². The first kappa shape index (κ1) is 13.3. The Hall–Kier alpha value is -1.73. The molecule has 0 saturated heterocycles. The van der Waals surface area contributed by atoms with Crippen molar-refractivity contribution in [3.05, 3.63) is 45.9 Å². The second kappa shape index (κ2) is 5.72. The van der Waals surface area contributed by atoms with Crippen LogP contribution in [0.4, 0.5) is 0 Å². The number of thioether (sulfide) groups is 1. The van der Waals surface area contributed by atoms with Crippen LogP contribution in [0.25, 0.3) is 0 Å². The van der Waals surface area contributed by atoms with Gasteiger partial charge in [-0.1, -0.05) is 11.8 Å². The Balaban J connectivity index is 1.80. The van der Waals surface area contributed by atoms with E-state index in [1.807, 2.05) is 6.26 Å². The van der Waals surface area contributed by atoms with Crippen LogP contribution in [0, 0.1) is 0 Å². The summed E-state index contributed by atoms with van der Waals surface area (Å²) in [5.41, 5.74) is 2.59. The number of aromatic amines is 1. The molecular weight excluding hydrogens is 274 g/mol. The molecule has 6 nitrogen and oxygen atoms in total. The van der Waals surface area contributed by atoms with Crippen molar-refractivity contribution in [2.75, 3.05) is 12.8 Å². The van der Waals surface area contributed by atoms with E-state index in [2.05, 4.69) is 24.8 Å². The molecule has 0 saturated carbocycles. The zero-order valence-corrected chi connectivity index (χ0v) is 12.0. The average molecular weight is 289 g/mol. The van der Waals surface area contributed by atoms with Crippen molar-refractivity contribution in [1.29, 1.82) is 0 Å². The Morgan fingerprint density at radius 2 is 2.35 bits per heavy atom. The molecule has 2 aromatic heterocycles. The highest BCUT2D eigenvalue weighted by molar-refractivity contribution is 7.98. The van der Waals surface area contributed by atoms with E-state index in [1.54, 1.807) is 18.6 Å². The average Bonchev–Trinajstić information content (AvgIpc) is 2.48. The molecule has 3 rings (SSSR count). The third-order valence-corrected chi connectivity index (χ3v) is 3.90. The van der Waals surface area contributed by atoms with Crippen LogP contribution < -0.4 is 5.56 Å². The molecule has 104 valence electrons. The molecule has 20 heavy (non-hydrogen) atoms. The molecule has 1 N–H and O–H groups in total. The zero-order chi connectivity index (χ0) is 13.9. The summed E-state index contributed by atoms with van der Waals surface area (Å²) < 4.78 is 0. The van der Waals surface area contributed by atoms with Gasteiger partial charge in [0.05, 0.1) is 17.0 Å². The lowest BCUT2D eigenvalue weighted by Crippen LogP contribution is -2.35. The smallest absolute Gasteiger partial charge is 0.256 e. The van der Waals surface area contributed by atoms with Crippen molar-refractivity contribution in [3.63, 3.8) is 0 Å². The van der Waals surface area contributed by atoms with E-state index in [9.17, 15) is 4.79 Å². The summed E-state index contributed by atoms with van der Waals surface area (Å²) in [4.78, 5) is 29.9. The summed E-state index contributed by atoms with van der Waals surface area (Å²) in [6, 6.07) is 0. The Morgan fingerprint density at radius 3 is 3.10 bits per heavy atom. The topological polar surface area (TPSA) is 74.8 Å². The fourth-order valence-electron chi connectivity index (χ4n) is 2.33. The normalized spacial score (nSPS) is 15.1. The lowest BCUT2D eigenvalue weighted by Gasteiger charge is -2.27. The van der Waals surface area contributed by atoms with Crippen molar-refractivity contribution in [3.8, 4) is 0 Å². The van der Waals surface area contributed by atoms with Crippen LogP contribution in [0.1, 0.15) is 17.0 Å². The number of hydrogen-bond donors (Lipinski definition) is 1. The van der Waals surface area contributed by atoms with Gasteiger partial charge in [0.15, 0.2) is 5.16 Å². The van der Waals surface area contributed by atoms with Crippen LogP contribution in [0.3, 0.4) is 0 Å². The third kappa shape index (κ3) is 2.73. The highest BCUT2D eigenvalue weighted by Gasteiger charge is 2.21. The molecule has 0 unspecified atom stereocenters. The Morgan fingerprint density at radius 1 is 1.45 bits per heavy atom. The van der Waals surface area contributed by atoms with Gasteiger partial charge in [-0.2, -0.15) is 0 Å². The number of H-pyrrole nitrogens is 1. The van der Waals surface area contributed by atoms with Crippen LogP contribution in [0.15, 0.2) is 28.5 Å². The van der Waals surface area contributed by atoms with Gasteiger partial charge in [0, 0.05) is 44.6 Å². The number of rotatable bonds is 3. The van der Waals surface area contributed by atoms with Crippen molar-refractivity contribution in [1.82, 2.24) is 24.8 Å². The maximum atomic E-state index is 12.1. The van der Waals surface area contributed by atoms with Gasteiger partial charge in [-0.05, 0) is 6.26 Å². The minimum absolute atomic E-state index is 0.0248. The number of nitrogens with one attached hydrogen (secondary N) is 1. The van der Waals surface area contributed by atoms with Gasteiger partial charge >= 0.3 is 0 Å². The molecule has 1 aliphatic rings. The second-order valence-electron chi connectivity index (χ2n) is 4.66. The molecular formula is C13H15N5OS. The zero-order valence-electron chi connectivity index (χ0n) is 11.2. The molecule has 0 atom stereocenters. The van der Waals surface area contributed by atoms with Crippen molar-refractivity contribution < 1.29 is 0 Å². The van der Waals surface area contributed by atoms with E-state index in [-0.39, 0.29) is 5.56 Å². The summed E-state index contributed by atoms with van der Waals surface area (Å²) in [6.45, 7) is 2.20. The minimum Gasteiger partial charge on any atom is -0.301 e. The Labute approximate surface area is 120 Å². The first-order valence-electron chi connectivity index (χ1n) is 6.39.